The first kappa shape index (κ1) is 17.6. The van der Waals surface area contributed by atoms with Gasteiger partial charge in [-0.05, 0) is 42.4 Å². The number of esters is 1. The molecule has 2 nitrogen and oxygen atoms in total. The van der Waals surface area contributed by atoms with E-state index in [4.69, 9.17) is 4.74 Å². The molecular weight excluding hydrogens is 316 g/mol. The van der Waals surface area contributed by atoms with Crippen LogP contribution in [0.15, 0.2) is 40.8 Å². The Kier molecular flexibility index (Phi) is 5.10. The molecule has 0 saturated carbocycles. The number of fused-ring (bicyclic) bond motifs is 2. The minimum atomic E-state index is -0.195. The number of hydrogen-bond acceptors (Lipinski definition) is 2. The fourth-order valence-corrected chi connectivity index (χ4v) is 7.38. The number of hydrogen-bond donors (Lipinski definition) is 0. The Bertz CT molecular complexity index is 608. The Morgan fingerprint density at radius 1 is 1.12 bits per heavy atom. The molecule has 0 aliphatic carbocycles. The molecule has 0 spiro atoms. The molecule has 2 heterocycles. The van der Waals surface area contributed by atoms with Crippen LogP contribution in [0.5, 0.6) is 0 Å². The highest BCUT2D eigenvalue weighted by atomic mass is 32.2. The summed E-state index contributed by atoms with van der Waals surface area (Å²) >= 11 is 0. The van der Waals surface area contributed by atoms with E-state index in [1.165, 1.54) is 42.4 Å². The van der Waals surface area contributed by atoms with Crippen molar-refractivity contribution in [3.05, 3.63) is 41.5 Å². The van der Waals surface area contributed by atoms with Crippen LogP contribution in [0.25, 0.3) is 0 Å². The van der Waals surface area contributed by atoms with E-state index < -0.39 is 0 Å². The second-order valence-electron chi connectivity index (χ2n) is 8.06. The van der Waals surface area contributed by atoms with Gasteiger partial charge in [0.25, 0.3) is 0 Å². The van der Waals surface area contributed by atoms with Crippen LogP contribution in [-0.4, -0.2) is 23.6 Å². The van der Waals surface area contributed by atoms with Crippen LogP contribution in [0.1, 0.15) is 58.4 Å². The fourth-order valence-electron chi connectivity index (χ4n) is 3.99. The second kappa shape index (κ2) is 6.95. The van der Waals surface area contributed by atoms with Gasteiger partial charge in [-0.3, -0.25) is 0 Å². The summed E-state index contributed by atoms with van der Waals surface area (Å²) in [6, 6.07) is 9.36. The van der Waals surface area contributed by atoms with Gasteiger partial charge in [0.2, 0.25) is 0 Å². The highest BCUT2D eigenvalue weighted by molar-refractivity contribution is 7.98. The summed E-state index contributed by atoms with van der Waals surface area (Å²) in [7, 11) is 1.79. The molecule has 2 atom stereocenters. The van der Waals surface area contributed by atoms with Gasteiger partial charge in [0, 0.05) is 29.8 Å². The van der Waals surface area contributed by atoms with Crippen LogP contribution >= 0.6 is 0 Å². The quantitative estimate of drug-likeness (QED) is 0.438. The molecule has 24 heavy (non-hydrogen) atoms. The van der Waals surface area contributed by atoms with E-state index in [1.54, 1.807) is 6.08 Å². The molecule has 2 saturated heterocycles. The van der Waals surface area contributed by atoms with E-state index in [0.717, 1.165) is 12.8 Å². The van der Waals surface area contributed by atoms with Gasteiger partial charge in [0.1, 0.15) is 10.5 Å². The van der Waals surface area contributed by atoms with Crippen molar-refractivity contribution in [2.45, 2.75) is 73.7 Å². The van der Waals surface area contributed by atoms with E-state index in [-0.39, 0.29) is 11.4 Å². The third-order valence-corrected chi connectivity index (χ3v) is 8.32. The molecule has 2 bridgehead atoms. The number of carbonyl (C=O) groups excluding carboxylic acids is 1. The Hall–Kier alpha value is -1.22. The van der Waals surface area contributed by atoms with Crippen molar-refractivity contribution in [2.75, 3.05) is 7.11 Å². The Morgan fingerprint density at radius 2 is 1.71 bits per heavy atom. The van der Waals surface area contributed by atoms with E-state index in [1.807, 2.05) is 0 Å². The number of benzene rings is 1. The van der Waals surface area contributed by atoms with Crippen LogP contribution in [0, 0.1) is 0 Å². The largest absolute Gasteiger partial charge is 0.466 e. The molecule has 130 valence electrons. The first-order valence-corrected chi connectivity index (χ1v) is 10.3. The van der Waals surface area contributed by atoms with Crippen molar-refractivity contribution in [3.63, 3.8) is 0 Å². The van der Waals surface area contributed by atoms with Crippen molar-refractivity contribution in [2.24, 2.45) is 0 Å². The van der Waals surface area contributed by atoms with Crippen molar-refractivity contribution in [1.29, 1.82) is 0 Å². The molecule has 2 aliphatic heterocycles. The highest BCUT2D eigenvalue weighted by Gasteiger charge is 2.47. The van der Waals surface area contributed by atoms with Crippen molar-refractivity contribution in [3.8, 4) is 0 Å². The maximum atomic E-state index is 11.6. The minimum Gasteiger partial charge on any atom is -0.466 e. The van der Waals surface area contributed by atoms with E-state index in [0.29, 0.717) is 21.4 Å². The van der Waals surface area contributed by atoms with Crippen LogP contribution in [-0.2, 0) is 25.8 Å². The lowest BCUT2D eigenvalue weighted by Crippen LogP contribution is -2.41. The van der Waals surface area contributed by atoms with E-state index in [2.05, 4.69) is 45.0 Å². The Balaban J connectivity index is 1.82. The van der Waals surface area contributed by atoms with Crippen molar-refractivity contribution in [1.82, 2.24) is 0 Å². The van der Waals surface area contributed by atoms with Gasteiger partial charge < -0.3 is 4.74 Å². The molecule has 1 aromatic carbocycles. The number of carbonyl (C=O) groups is 1. The van der Waals surface area contributed by atoms with Gasteiger partial charge in [-0.25, -0.2) is 4.79 Å². The smallest absolute Gasteiger partial charge is 0.330 e. The van der Waals surface area contributed by atoms with Crippen LogP contribution < -0.4 is 0 Å². The summed E-state index contributed by atoms with van der Waals surface area (Å²) in [5.74, 6) is -0.195. The number of ether oxygens (including phenoxy) is 1. The molecule has 2 unspecified atom stereocenters. The predicted octanol–water partition coefficient (Wildman–Crippen LogP) is 4.78. The average Bonchev–Trinajstić information content (AvgIpc) is 2.53. The third kappa shape index (κ3) is 3.72. The normalized spacial score (nSPS) is 26.8. The average molecular weight is 346 g/mol. The van der Waals surface area contributed by atoms with Gasteiger partial charge in [0.15, 0.2) is 4.90 Å². The molecule has 0 N–H and O–H groups in total. The number of methoxy groups -OCH3 is 1. The molecule has 2 aliphatic rings. The molecule has 2 fully saturated rings. The molecule has 0 aromatic heterocycles. The lowest BCUT2D eigenvalue weighted by Gasteiger charge is -2.36. The minimum absolute atomic E-state index is 0.195. The highest BCUT2D eigenvalue weighted by Crippen LogP contribution is 2.44. The van der Waals surface area contributed by atoms with Crippen LogP contribution in [0.4, 0.5) is 0 Å². The molecule has 1 aromatic rings. The maximum Gasteiger partial charge on any atom is 0.330 e. The van der Waals surface area contributed by atoms with Crippen molar-refractivity contribution >= 4 is 16.9 Å². The fraction of sp³-hybridized carbons (Fsp3) is 0.571. The molecule has 3 heteroatoms. The summed E-state index contributed by atoms with van der Waals surface area (Å²) in [6.07, 6.45) is 7.79. The molecule has 0 radical (unpaired) electrons. The van der Waals surface area contributed by atoms with Crippen molar-refractivity contribution < 1.29 is 9.53 Å². The molecular formula is C21H29O2S+. The first-order valence-electron chi connectivity index (χ1n) is 8.98. The Labute approximate surface area is 149 Å². The van der Waals surface area contributed by atoms with Gasteiger partial charge in [-0.15, -0.1) is 0 Å². The van der Waals surface area contributed by atoms with Gasteiger partial charge in [-0.2, -0.15) is 0 Å². The van der Waals surface area contributed by atoms with Gasteiger partial charge in [0.05, 0.1) is 7.11 Å². The summed E-state index contributed by atoms with van der Waals surface area (Å²) in [5.41, 5.74) is 2.91. The SMILES string of the molecule is COC(=O)C=C1CC2CCCC(C1)[S+]2c1ccc(C(C)(C)C)cc1. The zero-order valence-corrected chi connectivity index (χ0v) is 16.1. The predicted molar refractivity (Wildman–Crippen MR) is 102 cm³/mol. The van der Waals surface area contributed by atoms with E-state index in [9.17, 15) is 4.79 Å². The number of allylic oxidation sites excluding steroid dienone is 1. The van der Waals surface area contributed by atoms with Crippen LogP contribution in [0.2, 0.25) is 0 Å². The molecule has 0 amide bonds. The van der Waals surface area contributed by atoms with E-state index >= 15 is 0 Å². The summed E-state index contributed by atoms with van der Waals surface area (Å²) in [4.78, 5) is 13.1. The maximum absolute atomic E-state index is 11.6. The standard InChI is InChI=1S/C21H29O2S/c1-21(2,3)16-8-10-17(11-9-16)24-18-6-5-7-19(24)13-15(12-18)14-20(22)23-4/h8-11,14,18-19H,5-7,12-13H2,1-4H3/q+1. The summed E-state index contributed by atoms with van der Waals surface area (Å²) in [5, 5.41) is 1.41. The van der Waals surface area contributed by atoms with Gasteiger partial charge >= 0.3 is 5.97 Å². The zero-order chi connectivity index (χ0) is 17.3. The third-order valence-electron chi connectivity index (χ3n) is 5.27. The summed E-state index contributed by atoms with van der Waals surface area (Å²) < 4.78 is 4.82. The number of rotatable bonds is 2. The Morgan fingerprint density at radius 3 is 2.21 bits per heavy atom. The monoisotopic (exact) mass is 345 g/mol. The lowest BCUT2D eigenvalue weighted by atomic mass is 9.87. The zero-order valence-electron chi connectivity index (χ0n) is 15.3. The lowest BCUT2D eigenvalue weighted by molar-refractivity contribution is -0.134. The second-order valence-corrected chi connectivity index (χ2v) is 10.6. The topological polar surface area (TPSA) is 26.3 Å². The first-order chi connectivity index (χ1) is 11.4. The van der Waals surface area contributed by atoms with Gasteiger partial charge in [-0.1, -0.05) is 38.5 Å². The summed E-state index contributed by atoms with van der Waals surface area (Å²) in [6.45, 7) is 6.80. The van der Waals surface area contributed by atoms with Crippen LogP contribution in [0.3, 0.4) is 0 Å². The molecule has 3 rings (SSSR count).